The molecule has 1 atom stereocenters. The summed E-state index contributed by atoms with van der Waals surface area (Å²) in [7, 11) is 1.77. The van der Waals surface area contributed by atoms with Gasteiger partial charge in [0.05, 0.1) is 6.42 Å². The number of nitrogens with one attached hydrogen (secondary N) is 2. The first-order chi connectivity index (χ1) is 5.45. The standard InChI is InChI=1S/C7H15F3N2/c1-6(5-11-2)12-4-3-7(8,9)10/h6,11-12H,3-5H2,1-2H3. The third kappa shape index (κ3) is 7.81. The SMILES string of the molecule is CNCC(C)NCCC(F)(F)F. The van der Waals surface area contributed by atoms with Gasteiger partial charge in [-0.25, -0.2) is 0 Å². The van der Waals surface area contributed by atoms with Crippen molar-refractivity contribution in [2.24, 2.45) is 0 Å². The molecule has 0 amide bonds. The van der Waals surface area contributed by atoms with Crippen LogP contribution in [0.25, 0.3) is 0 Å². The first kappa shape index (κ1) is 11.7. The Hall–Kier alpha value is -0.290. The fourth-order valence-corrected chi connectivity index (χ4v) is 0.839. The molecule has 2 nitrogen and oxygen atoms in total. The fraction of sp³-hybridized carbons (Fsp3) is 1.00. The number of hydrogen-bond acceptors (Lipinski definition) is 2. The van der Waals surface area contributed by atoms with Crippen LogP contribution in [-0.4, -0.2) is 32.4 Å². The van der Waals surface area contributed by atoms with Crippen LogP contribution in [0, 0.1) is 0 Å². The van der Waals surface area contributed by atoms with Crippen LogP contribution in [0.3, 0.4) is 0 Å². The third-order valence-electron chi connectivity index (χ3n) is 1.41. The Bertz CT molecular complexity index is 114. The van der Waals surface area contributed by atoms with Crippen molar-refractivity contribution in [2.45, 2.75) is 25.6 Å². The second-order valence-corrected chi connectivity index (χ2v) is 2.78. The highest BCUT2D eigenvalue weighted by Crippen LogP contribution is 2.18. The number of alkyl halides is 3. The van der Waals surface area contributed by atoms with Gasteiger partial charge in [-0.3, -0.25) is 0 Å². The minimum Gasteiger partial charge on any atom is -0.318 e. The third-order valence-corrected chi connectivity index (χ3v) is 1.41. The molecule has 74 valence electrons. The van der Waals surface area contributed by atoms with Gasteiger partial charge >= 0.3 is 6.18 Å². The predicted octanol–water partition coefficient (Wildman–Crippen LogP) is 1.14. The second kappa shape index (κ2) is 5.37. The molecule has 0 aliphatic carbocycles. The van der Waals surface area contributed by atoms with Crippen molar-refractivity contribution in [1.29, 1.82) is 0 Å². The van der Waals surface area contributed by atoms with E-state index in [4.69, 9.17) is 0 Å². The molecule has 0 rings (SSSR count). The zero-order valence-corrected chi connectivity index (χ0v) is 7.33. The lowest BCUT2D eigenvalue weighted by Gasteiger charge is -2.13. The van der Waals surface area contributed by atoms with E-state index in [0.29, 0.717) is 6.54 Å². The van der Waals surface area contributed by atoms with Crippen molar-refractivity contribution in [2.75, 3.05) is 20.1 Å². The molecule has 0 spiro atoms. The van der Waals surface area contributed by atoms with Crippen molar-refractivity contribution in [3.8, 4) is 0 Å². The molecule has 2 N–H and O–H groups in total. The van der Waals surface area contributed by atoms with Crippen LogP contribution in [0.5, 0.6) is 0 Å². The summed E-state index contributed by atoms with van der Waals surface area (Å²) in [6.45, 7) is 2.51. The summed E-state index contributed by atoms with van der Waals surface area (Å²) in [5.74, 6) is 0. The van der Waals surface area contributed by atoms with Crippen LogP contribution >= 0.6 is 0 Å². The van der Waals surface area contributed by atoms with E-state index in [1.165, 1.54) is 0 Å². The zero-order chi connectivity index (χ0) is 9.61. The molecular formula is C7H15F3N2. The Labute approximate surface area is 70.5 Å². The Kier molecular flexibility index (Phi) is 5.24. The summed E-state index contributed by atoms with van der Waals surface area (Å²) >= 11 is 0. The van der Waals surface area contributed by atoms with Gasteiger partial charge in [-0.05, 0) is 14.0 Å². The molecule has 0 saturated heterocycles. The summed E-state index contributed by atoms with van der Waals surface area (Å²) in [5.41, 5.74) is 0. The Morgan fingerprint density at radius 1 is 1.33 bits per heavy atom. The number of rotatable bonds is 5. The first-order valence-electron chi connectivity index (χ1n) is 3.90. The number of hydrogen-bond donors (Lipinski definition) is 2. The van der Waals surface area contributed by atoms with Crippen molar-refractivity contribution < 1.29 is 13.2 Å². The molecule has 0 aromatic carbocycles. The molecule has 5 heteroatoms. The molecule has 0 aromatic rings. The highest BCUT2D eigenvalue weighted by atomic mass is 19.4. The molecule has 0 aliphatic heterocycles. The highest BCUT2D eigenvalue weighted by Gasteiger charge is 2.26. The molecule has 0 fully saturated rings. The fourth-order valence-electron chi connectivity index (χ4n) is 0.839. The van der Waals surface area contributed by atoms with Crippen LogP contribution < -0.4 is 10.6 Å². The second-order valence-electron chi connectivity index (χ2n) is 2.78. The first-order valence-corrected chi connectivity index (χ1v) is 3.90. The smallest absolute Gasteiger partial charge is 0.318 e. The summed E-state index contributed by atoms with van der Waals surface area (Å²) in [6, 6.07) is 0.0809. The van der Waals surface area contributed by atoms with Crippen molar-refractivity contribution >= 4 is 0 Å². The van der Waals surface area contributed by atoms with E-state index in [2.05, 4.69) is 10.6 Å². The lowest BCUT2D eigenvalue weighted by atomic mass is 10.3. The monoisotopic (exact) mass is 184 g/mol. The molecule has 0 bridgehead atoms. The van der Waals surface area contributed by atoms with Gasteiger partial charge in [0.2, 0.25) is 0 Å². The predicted molar refractivity (Wildman–Crippen MR) is 42.1 cm³/mol. The van der Waals surface area contributed by atoms with Gasteiger partial charge in [-0.1, -0.05) is 0 Å². The molecule has 0 heterocycles. The molecule has 0 radical (unpaired) electrons. The molecule has 0 aliphatic rings. The van der Waals surface area contributed by atoms with Gasteiger partial charge in [0.1, 0.15) is 0 Å². The minimum atomic E-state index is -4.05. The number of halogens is 3. The number of likely N-dealkylation sites (N-methyl/N-ethyl adjacent to an activating group) is 1. The van der Waals surface area contributed by atoms with E-state index in [1.54, 1.807) is 7.05 Å². The summed E-state index contributed by atoms with van der Waals surface area (Å²) in [6.07, 6.45) is -4.81. The zero-order valence-electron chi connectivity index (χ0n) is 7.33. The van der Waals surface area contributed by atoms with Gasteiger partial charge < -0.3 is 10.6 Å². The van der Waals surface area contributed by atoms with E-state index < -0.39 is 12.6 Å². The maximum atomic E-state index is 11.6. The average Bonchev–Trinajstić information content (AvgIpc) is 1.84. The Morgan fingerprint density at radius 2 is 1.92 bits per heavy atom. The van der Waals surface area contributed by atoms with E-state index in [0.717, 1.165) is 0 Å². The summed E-state index contributed by atoms with van der Waals surface area (Å²) in [4.78, 5) is 0. The van der Waals surface area contributed by atoms with Crippen molar-refractivity contribution in [1.82, 2.24) is 10.6 Å². The summed E-state index contributed by atoms with van der Waals surface area (Å²) < 4.78 is 34.9. The Morgan fingerprint density at radius 3 is 2.33 bits per heavy atom. The lowest BCUT2D eigenvalue weighted by Crippen LogP contribution is -2.36. The van der Waals surface area contributed by atoms with Crippen LogP contribution in [0.4, 0.5) is 13.2 Å². The van der Waals surface area contributed by atoms with Crippen molar-refractivity contribution in [3.63, 3.8) is 0 Å². The topological polar surface area (TPSA) is 24.1 Å². The minimum absolute atomic E-state index is 0.00759. The van der Waals surface area contributed by atoms with Crippen molar-refractivity contribution in [3.05, 3.63) is 0 Å². The van der Waals surface area contributed by atoms with E-state index in [1.807, 2.05) is 6.92 Å². The van der Waals surface area contributed by atoms with E-state index in [9.17, 15) is 13.2 Å². The molecule has 12 heavy (non-hydrogen) atoms. The molecule has 0 aromatic heterocycles. The van der Waals surface area contributed by atoms with Crippen LogP contribution in [-0.2, 0) is 0 Å². The molecule has 0 saturated carbocycles. The lowest BCUT2D eigenvalue weighted by molar-refractivity contribution is -0.133. The maximum Gasteiger partial charge on any atom is 0.390 e. The molecule has 1 unspecified atom stereocenters. The van der Waals surface area contributed by atoms with Gasteiger partial charge in [-0.15, -0.1) is 0 Å². The van der Waals surface area contributed by atoms with Gasteiger partial charge in [0.25, 0.3) is 0 Å². The molecular weight excluding hydrogens is 169 g/mol. The maximum absolute atomic E-state index is 11.6. The Balaban J connectivity index is 3.31. The van der Waals surface area contributed by atoms with Gasteiger partial charge in [-0.2, -0.15) is 13.2 Å². The van der Waals surface area contributed by atoms with Gasteiger partial charge in [0, 0.05) is 19.1 Å². The quantitative estimate of drug-likeness (QED) is 0.669. The normalized spacial score (nSPS) is 14.8. The largest absolute Gasteiger partial charge is 0.390 e. The van der Waals surface area contributed by atoms with Crippen LogP contribution in [0.15, 0.2) is 0 Å². The summed E-state index contributed by atoms with van der Waals surface area (Å²) in [5, 5.41) is 5.63. The van der Waals surface area contributed by atoms with E-state index in [-0.39, 0.29) is 12.6 Å². The van der Waals surface area contributed by atoms with Crippen LogP contribution in [0.2, 0.25) is 0 Å². The highest BCUT2D eigenvalue weighted by molar-refractivity contribution is 4.63. The van der Waals surface area contributed by atoms with Crippen LogP contribution in [0.1, 0.15) is 13.3 Å². The van der Waals surface area contributed by atoms with E-state index >= 15 is 0 Å². The van der Waals surface area contributed by atoms with Gasteiger partial charge in [0.15, 0.2) is 0 Å². The average molecular weight is 184 g/mol.